The smallest absolute Gasteiger partial charge is 0.410 e. The molecule has 1 fully saturated rings. The molecule has 6 nitrogen and oxygen atoms in total. The SMILES string of the molecule is CC(C)(C)OC(=O)N1CCCC1c1nc(CCCc2ccccc2)no1. The molecule has 0 bridgehead atoms. The van der Waals surface area contributed by atoms with Crippen molar-refractivity contribution in [2.24, 2.45) is 0 Å². The Morgan fingerprint density at radius 1 is 1.27 bits per heavy atom. The topological polar surface area (TPSA) is 68.5 Å². The first-order valence-corrected chi connectivity index (χ1v) is 9.28. The van der Waals surface area contributed by atoms with Crippen LogP contribution in [-0.4, -0.2) is 33.3 Å². The molecular formula is C20H27N3O3. The largest absolute Gasteiger partial charge is 0.444 e. The number of hydrogen-bond donors (Lipinski definition) is 0. The molecule has 0 radical (unpaired) electrons. The van der Waals surface area contributed by atoms with Gasteiger partial charge in [-0.05, 0) is 52.0 Å². The molecule has 1 amide bonds. The highest BCUT2D eigenvalue weighted by Crippen LogP contribution is 2.32. The van der Waals surface area contributed by atoms with Gasteiger partial charge in [-0.15, -0.1) is 0 Å². The third-order valence-electron chi connectivity index (χ3n) is 4.36. The van der Waals surface area contributed by atoms with Crippen molar-refractivity contribution in [3.63, 3.8) is 0 Å². The molecule has 1 aromatic carbocycles. The van der Waals surface area contributed by atoms with Crippen LogP contribution in [0.1, 0.15) is 63.4 Å². The quantitative estimate of drug-likeness (QED) is 0.797. The van der Waals surface area contributed by atoms with Gasteiger partial charge >= 0.3 is 6.09 Å². The van der Waals surface area contributed by atoms with Crippen LogP contribution < -0.4 is 0 Å². The number of carbonyl (C=O) groups is 1. The lowest BCUT2D eigenvalue weighted by atomic mass is 10.1. The van der Waals surface area contributed by atoms with E-state index in [9.17, 15) is 4.79 Å². The molecule has 1 unspecified atom stereocenters. The predicted molar refractivity (Wildman–Crippen MR) is 97.7 cm³/mol. The highest BCUT2D eigenvalue weighted by atomic mass is 16.6. The van der Waals surface area contributed by atoms with Crippen LogP contribution in [0.2, 0.25) is 0 Å². The highest BCUT2D eigenvalue weighted by molar-refractivity contribution is 5.69. The van der Waals surface area contributed by atoms with Gasteiger partial charge < -0.3 is 9.26 Å². The second-order valence-corrected chi connectivity index (χ2v) is 7.72. The molecular weight excluding hydrogens is 330 g/mol. The van der Waals surface area contributed by atoms with Gasteiger partial charge in [0.25, 0.3) is 0 Å². The van der Waals surface area contributed by atoms with Gasteiger partial charge in [0.1, 0.15) is 11.6 Å². The fourth-order valence-electron chi connectivity index (χ4n) is 3.16. The Balaban J connectivity index is 1.57. The molecule has 26 heavy (non-hydrogen) atoms. The van der Waals surface area contributed by atoms with Crippen molar-refractivity contribution >= 4 is 6.09 Å². The van der Waals surface area contributed by atoms with Crippen LogP contribution in [-0.2, 0) is 17.6 Å². The van der Waals surface area contributed by atoms with Crippen LogP contribution >= 0.6 is 0 Å². The molecule has 1 aromatic heterocycles. The zero-order valence-electron chi connectivity index (χ0n) is 15.8. The summed E-state index contributed by atoms with van der Waals surface area (Å²) in [7, 11) is 0. The highest BCUT2D eigenvalue weighted by Gasteiger charge is 2.36. The van der Waals surface area contributed by atoms with Gasteiger partial charge in [-0.25, -0.2) is 4.79 Å². The minimum atomic E-state index is -0.512. The summed E-state index contributed by atoms with van der Waals surface area (Å²) >= 11 is 0. The molecule has 0 saturated carbocycles. The van der Waals surface area contributed by atoms with Crippen LogP contribution in [0.15, 0.2) is 34.9 Å². The van der Waals surface area contributed by atoms with Crippen molar-refractivity contribution in [1.82, 2.24) is 15.0 Å². The summed E-state index contributed by atoms with van der Waals surface area (Å²) < 4.78 is 10.9. The fourth-order valence-corrected chi connectivity index (χ4v) is 3.16. The maximum absolute atomic E-state index is 12.4. The summed E-state index contributed by atoms with van der Waals surface area (Å²) in [6.07, 6.45) is 4.13. The van der Waals surface area contributed by atoms with Crippen molar-refractivity contribution in [2.45, 2.75) is 64.5 Å². The lowest BCUT2D eigenvalue weighted by molar-refractivity contribution is 0.0199. The molecule has 1 atom stereocenters. The lowest BCUT2D eigenvalue weighted by Crippen LogP contribution is -2.36. The van der Waals surface area contributed by atoms with Gasteiger partial charge in [0.2, 0.25) is 5.89 Å². The molecule has 0 spiro atoms. The first-order chi connectivity index (χ1) is 12.4. The van der Waals surface area contributed by atoms with E-state index < -0.39 is 5.60 Å². The number of amides is 1. The molecule has 1 aliphatic rings. The van der Waals surface area contributed by atoms with E-state index in [0.29, 0.717) is 18.3 Å². The number of likely N-dealkylation sites (tertiary alicyclic amines) is 1. The molecule has 0 N–H and O–H groups in total. The van der Waals surface area contributed by atoms with Gasteiger partial charge in [-0.2, -0.15) is 4.98 Å². The Hall–Kier alpha value is -2.37. The molecule has 2 aromatic rings. The summed E-state index contributed by atoms with van der Waals surface area (Å²) in [6, 6.07) is 10.2. The van der Waals surface area contributed by atoms with Gasteiger partial charge in [-0.3, -0.25) is 4.90 Å². The molecule has 3 rings (SSSR count). The summed E-state index contributed by atoms with van der Waals surface area (Å²) in [4.78, 5) is 18.6. The second kappa shape index (κ2) is 7.89. The molecule has 1 aliphatic heterocycles. The van der Waals surface area contributed by atoms with E-state index in [4.69, 9.17) is 9.26 Å². The normalized spacial score (nSPS) is 17.5. The lowest BCUT2D eigenvalue weighted by Gasteiger charge is -2.26. The third-order valence-corrected chi connectivity index (χ3v) is 4.36. The molecule has 2 heterocycles. The van der Waals surface area contributed by atoms with E-state index in [1.165, 1.54) is 5.56 Å². The van der Waals surface area contributed by atoms with Crippen molar-refractivity contribution in [1.29, 1.82) is 0 Å². The van der Waals surface area contributed by atoms with Crippen molar-refractivity contribution in [3.05, 3.63) is 47.6 Å². The maximum atomic E-state index is 12.4. The Labute approximate surface area is 154 Å². The number of ether oxygens (including phenoxy) is 1. The number of benzene rings is 1. The first kappa shape index (κ1) is 18.4. The van der Waals surface area contributed by atoms with Crippen LogP contribution in [0.4, 0.5) is 4.79 Å². The zero-order chi connectivity index (χ0) is 18.6. The van der Waals surface area contributed by atoms with E-state index in [-0.39, 0.29) is 12.1 Å². The second-order valence-electron chi connectivity index (χ2n) is 7.72. The molecule has 1 saturated heterocycles. The van der Waals surface area contributed by atoms with Gasteiger partial charge in [0.15, 0.2) is 5.82 Å². The summed E-state index contributed by atoms with van der Waals surface area (Å²) in [5.74, 6) is 1.22. The Kier molecular flexibility index (Phi) is 5.59. The number of aromatic nitrogens is 2. The zero-order valence-corrected chi connectivity index (χ0v) is 15.8. The minimum absolute atomic E-state index is 0.180. The monoisotopic (exact) mass is 357 g/mol. The Bertz CT molecular complexity index is 721. The van der Waals surface area contributed by atoms with Gasteiger partial charge in [-0.1, -0.05) is 35.5 Å². The Morgan fingerprint density at radius 2 is 2.04 bits per heavy atom. The number of nitrogens with zero attached hydrogens (tertiary/aromatic N) is 3. The van der Waals surface area contributed by atoms with Crippen LogP contribution in [0, 0.1) is 0 Å². The average molecular weight is 357 g/mol. The average Bonchev–Trinajstić information content (AvgIpc) is 3.23. The van der Waals surface area contributed by atoms with E-state index >= 15 is 0 Å². The number of rotatable bonds is 5. The van der Waals surface area contributed by atoms with Gasteiger partial charge in [0, 0.05) is 13.0 Å². The summed E-state index contributed by atoms with van der Waals surface area (Å²) in [5.41, 5.74) is 0.796. The van der Waals surface area contributed by atoms with Crippen molar-refractivity contribution in [3.8, 4) is 0 Å². The van der Waals surface area contributed by atoms with Crippen LogP contribution in [0.3, 0.4) is 0 Å². The van der Waals surface area contributed by atoms with E-state index in [2.05, 4.69) is 22.3 Å². The standard InChI is InChI=1S/C20H27N3O3/c1-20(2,3)25-19(24)23-14-8-12-16(23)18-21-17(22-26-18)13-7-11-15-9-5-4-6-10-15/h4-6,9-10,16H,7-8,11-14H2,1-3H3. The van der Waals surface area contributed by atoms with E-state index in [0.717, 1.165) is 32.1 Å². The van der Waals surface area contributed by atoms with E-state index in [1.54, 1.807) is 4.90 Å². The minimum Gasteiger partial charge on any atom is -0.444 e. The van der Waals surface area contributed by atoms with Crippen LogP contribution in [0.25, 0.3) is 0 Å². The summed E-state index contributed by atoms with van der Waals surface area (Å²) in [5, 5.41) is 4.10. The molecule has 140 valence electrons. The first-order valence-electron chi connectivity index (χ1n) is 9.28. The summed E-state index contributed by atoms with van der Waals surface area (Å²) in [6.45, 7) is 6.26. The van der Waals surface area contributed by atoms with Gasteiger partial charge in [0.05, 0.1) is 0 Å². The van der Waals surface area contributed by atoms with E-state index in [1.807, 2.05) is 39.0 Å². The maximum Gasteiger partial charge on any atom is 0.410 e. The molecule has 6 heteroatoms. The van der Waals surface area contributed by atoms with Crippen molar-refractivity contribution < 1.29 is 14.1 Å². The molecule has 0 aliphatic carbocycles. The third kappa shape index (κ3) is 4.84. The number of carbonyl (C=O) groups excluding carboxylic acids is 1. The fraction of sp³-hybridized carbons (Fsp3) is 0.550. The number of hydrogen-bond acceptors (Lipinski definition) is 5. The van der Waals surface area contributed by atoms with Crippen LogP contribution in [0.5, 0.6) is 0 Å². The predicted octanol–water partition coefficient (Wildman–Crippen LogP) is 4.32. The Morgan fingerprint density at radius 3 is 2.77 bits per heavy atom. The van der Waals surface area contributed by atoms with Crippen molar-refractivity contribution in [2.75, 3.05) is 6.54 Å². The number of aryl methyl sites for hydroxylation is 2.